The number of amides is 3. The number of esters is 3. The van der Waals surface area contributed by atoms with Crippen molar-refractivity contribution in [1.82, 2.24) is 16.0 Å². The van der Waals surface area contributed by atoms with Crippen LogP contribution >= 0.6 is 0 Å². The molecule has 3 atom stereocenters. The van der Waals surface area contributed by atoms with Crippen LogP contribution < -0.4 is 21.7 Å². The lowest BCUT2D eigenvalue weighted by molar-refractivity contribution is -0.159. The van der Waals surface area contributed by atoms with Crippen molar-refractivity contribution >= 4 is 29.8 Å². The van der Waals surface area contributed by atoms with Gasteiger partial charge in [-0.15, -0.1) is 0 Å². The summed E-state index contributed by atoms with van der Waals surface area (Å²) in [7, 11) is 0. The van der Waals surface area contributed by atoms with Crippen LogP contribution in [0, 0.1) is 5.82 Å². The van der Waals surface area contributed by atoms with Gasteiger partial charge in [0.25, 0.3) is 0 Å². The van der Waals surface area contributed by atoms with Gasteiger partial charge in [-0.2, -0.15) is 0 Å². The molecule has 1 aromatic carbocycles. The van der Waals surface area contributed by atoms with Crippen molar-refractivity contribution in [1.29, 1.82) is 0 Å². The van der Waals surface area contributed by atoms with Gasteiger partial charge in [0.2, 0.25) is 5.91 Å². The summed E-state index contributed by atoms with van der Waals surface area (Å²) in [6.07, 6.45) is 1.07. The largest absolute Gasteiger partial charge is 0.460 e. The Labute approximate surface area is 272 Å². The Hall–Kier alpha value is -3.74. The van der Waals surface area contributed by atoms with Crippen molar-refractivity contribution in [3.8, 4) is 0 Å². The van der Waals surface area contributed by atoms with Crippen molar-refractivity contribution in [2.75, 3.05) is 6.54 Å². The highest BCUT2D eigenvalue weighted by atomic mass is 19.1. The average Bonchev–Trinajstić information content (AvgIpc) is 2.88. The number of unbranched alkanes of at least 4 members (excludes halogenated alkanes) is 1. The monoisotopic (exact) mass is 652 g/mol. The second-order valence-corrected chi connectivity index (χ2v) is 14.1. The summed E-state index contributed by atoms with van der Waals surface area (Å²) in [6.45, 7) is 15.6. The Kier molecular flexibility index (Phi) is 15.6. The highest BCUT2D eigenvalue weighted by Gasteiger charge is 2.31. The van der Waals surface area contributed by atoms with E-state index in [0.29, 0.717) is 12.8 Å². The molecule has 1 rings (SSSR count). The maximum absolute atomic E-state index is 13.1. The van der Waals surface area contributed by atoms with E-state index in [1.807, 2.05) is 0 Å². The molecule has 0 bridgehead atoms. The van der Waals surface area contributed by atoms with E-state index in [2.05, 4.69) is 16.0 Å². The highest BCUT2D eigenvalue weighted by molar-refractivity contribution is 5.87. The van der Waals surface area contributed by atoms with Gasteiger partial charge in [0.1, 0.15) is 34.7 Å². The van der Waals surface area contributed by atoms with E-state index in [9.17, 15) is 28.4 Å². The van der Waals surface area contributed by atoms with Crippen LogP contribution in [0.5, 0.6) is 0 Å². The van der Waals surface area contributed by atoms with E-state index >= 15 is 0 Å². The number of rotatable bonds is 15. The summed E-state index contributed by atoms with van der Waals surface area (Å²) >= 11 is 0. The molecular formula is C33H53FN4O8. The van der Waals surface area contributed by atoms with Gasteiger partial charge < -0.3 is 35.9 Å². The van der Waals surface area contributed by atoms with Gasteiger partial charge in [-0.25, -0.2) is 18.8 Å². The third-order valence-electron chi connectivity index (χ3n) is 5.97. The minimum Gasteiger partial charge on any atom is -0.460 e. The third-order valence-corrected chi connectivity index (χ3v) is 5.97. The van der Waals surface area contributed by atoms with Crippen LogP contribution in [-0.4, -0.2) is 71.3 Å². The highest BCUT2D eigenvalue weighted by Crippen LogP contribution is 2.15. The van der Waals surface area contributed by atoms with Crippen molar-refractivity contribution in [3.05, 3.63) is 35.6 Å². The van der Waals surface area contributed by atoms with Gasteiger partial charge in [-0.1, -0.05) is 12.1 Å². The fourth-order valence-corrected chi connectivity index (χ4v) is 4.04. The standard InChI is InChI=1S/C33H53FN4O8/c1-31(2,3)44-26(39)18-17-25(29(42)46-33(7,8)9)38-30(43)37-24(28(41)45-32(4,5)6)12-10-11-19-36-27(40)23(35)20-21-13-15-22(34)16-14-21/h13-16,23-25H,10-12,17-20,35H2,1-9H3,(H,36,40)(H2,37,38,43)/t23-,24-,25-/m0/s1. The number of ether oxygens (including phenoxy) is 3. The van der Waals surface area contributed by atoms with E-state index in [-0.39, 0.29) is 44.0 Å². The molecular weight excluding hydrogens is 599 g/mol. The molecule has 0 heterocycles. The second kappa shape index (κ2) is 17.8. The van der Waals surface area contributed by atoms with Crippen molar-refractivity contribution in [2.45, 2.75) is 136 Å². The zero-order valence-corrected chi connectivity index (χ0v) is 28.7. The number of nitrogens with two attached hydrogens (primary N) is 1. The Morgan fingerprint density at radius 3 is 1.70 bits per heavy atom. The van der Waals surface area contributed by atoms with Crippen LogP contribution in [0.3, 0.4) is 0 Å². The first-order chi connectivity index (χ1) is 21.0. The molecule has 1 aromatic rings. The summed E-state index contributed by atoms with van der Waals surface area (Å²) in [4.78, 5) is 63.6. The number of hydrogen-bond donors (Lipinski definition) is 4. The molecule has 46 heavy (non-hydrogen) atoms. The molecule has 0 aromatic heterocycles. The maximum Gasteiger partial charge on any atom is 0.329 e. The van der Waals surface area contributed by atoms with Gasteiger partial charge >= 0.3 is 23.9 Å². The molecule has 0 fully saturated rings. The summed E-state index contributed by atoms with van der Waals surface area (Å²) in [6, 6.07) is 1.84. The molecule has 0 aliphatic heterocycles. The number of carbonyl (C=O) groups excluding carboxylic acids is 5. The molecule has 260 valence electrons. The molecule has 0 spiro atoms. The van der Waals surface area contributed by atoms with Gasteiger partial charge in [-0.3, -0.25) is 9.59 Å². The Morgan fingerprint density at radius 1 is 0.739 bits per heavy atom. The first kappa shape index (κ1) is 40.3. The van der Waals surface area contributed by atoms with Gasteiger partial charge in [0.05, 0.1) is 6.04 Å². The zero-order valence-electron chi connectivity index (χ0n) is 28.7. The van der Waals surface area contributed by atoms with Gasteiger partial charge in [0.15, 0.2) is 0 Å². The molecule has 0 aliphatic rings. The van der Waals surface area contributed by atoms with Crippen LogP contribution in [0.25, 0.3) is 0 Å². The lowest BCUT2D eigenvalue weighted by Gasteiger charge is -2.27. The van der Waals surface area contributed by atoms with E-state index < -0.39 is 58.9 Å². The van der Waals surface area contributed by atoms with Crippen LogP contribution in [0.1, 0.15) is 100.0 Å². The lowest BCUT2D eigenvalue weighted by atomic mass is 10.1. The van der Waals surface area contributed by atoms with Crippen molar-refractivity contribution < 1.29 is 42.6 Å². The van der Waals surface area contributed by atoms with Crippen molar-refractivity contribution in [3.63, 3.8) is 0 Å². The van der Waals surface area contributed by atoms with Crippen molar-refractivity contribution in [2.24, 2.45) is 5.73 Å². The first-order valence-corrected chi connectivity index (χ1v) is 15.6. The number of benzene rings is 1. The van der Waals surface area contributed by atoms with Gasteiger partial charge in [-0.05, 0) is 112 Å². The third kappa shape index (κ3) is 18.3. The van der Waals surface area contributed by atoms with E-state index in [0.717, 1.165) is 5.56 Å². The van der Waals surface area contributed by atoms with Crippen LogP contribution in [-0.2, 0) is 39.8 Å². The summed E-state index contributed by atoms with van der Waals surface area (Å²) in [5.74, 6) is -2.70. The zero-order chi connectivity index (χ0) is 35.3. The average molecular weight is 653 g/mol. The molecule has 3 amide bonds. The SMILES string of the molecule is CC(C)(C)OC(=O)CC[C@H](NC(=O)N[C@@H](CCCCNC(=O)[C@@H](N)Cc1ccc(F)cc1)C(=O)OC(C)(C)C)C(=O)OC(C)(C)C. The number of hydrogen-bond acceptors (Lipinski definition) is 9. The Balaban J connectivity index is 2.81. The lowest BCUT2D eigenvalue weighted by Crippen LogP contribution is -2.53. The first-order valence-electron chi connectivity index (χ1n) is 15.6. The summed E-state index contributed by atoms with van der Waals surface area (Å²) < 4.78 is 29.4. The summed E-state index contributed by atoms with van der Waals surface area (Å²) in [5, 5.41) is 7.85. The molecule has 0 radical (unpaired) electrons. The quantitative estimate of drug-likeness (QED) is 0.125. The second-order valence-electron chi connectivity index (χ2n) is 14.1. The molecule has 13 heteroatoms. The molecule has 0 unspecified atom stereocenters. The van der Waals surface area contributed by atoms with Gasteiger partial charge in [0, 0.05) is 13.0 Å². The fraction of sp³-hybridized carbons (Fsp3) is 0.667. The van der Waals surface area contributed by atoms with Crippen LogP contribution in [0.15, 0.2) is 24.3 Å². The predicted octanol–water partition coefficient (Wildman–Crippen LogP) is 3.82. The summed E-state index contributed by atoms with van der Waals surface area (Å²) in [5.41, 5.74) is 4.32. The van der Waals surface area contributed by atoms with E-state index in [4.69, 9.17) is 19.9 Å². The topological polar surface area (TPSA) is 175 Å². The van der Waals surface area contributed by atoms with E-state index in [1.54, 1.807) is 74.4 Å². The maximum atomic E-state index is 13.1. The Bertz CT molecular complexity index is 1170. The molecule has 0 saturated carbocycles. The van der Waals surface area contributed by atoms with E-state index in [1.165, 1.54) is 12.1 Å². The molecule has 0 saturated heterocycles. The number of nitrogens with one attached hydrogen (secondary N) is 3. The number of halogens is 1. The molecule has 5 N–H and O–H groups in total. The molecule has 12 nitrogen and oxygen atoms in total. The fourth-order valence-electron chi connectivity index (χ4n) is 4.04. The number of urea groups is 1. The van der Waals surface area contributed by atoms with Crippen LogP contribution in [0.4, 0.5) is 9.18 Å². The number of carbonyl (C=O) groups is 5. The smallest absolute Gasteiger partial charge is 0.329 e. The minimum atomic E-state index is -1.19. The minimum absolute atomic E-state index is 0.0860. The predicted molar refractivity (Wildman–Crippen MR) is 171 cm³/mol. The molecule has 0 aliphatic carbocycles. The Morgan fingerprint density at radius 2 is 1.22 bits per heavy atom. The van der Waals surface area contributed by atoms with Crippen LogP contribution in [0.2, 0.25) is 0 Å². The normalized spacial score (nSPS) is 13.9.